The first kappa shape index (κ1) is 11.4. The van der Waals surface area contributed by atoms with E-state index in [9.17, 15) is 0 Å². The fourth-order valence-electron chi connectivity index (χ4n) is 1.08. The number of nitrogen functional groups attached to an aromatic ring is 1. The van der Waals surface area contributed by atoms with Gasteiger partial charge in [0.2, 0.25) is 11.8 Å². The molecule has 1 aromatic carbocycles. The topological polar surface area (TPSA) is 61.0 Å². The maximum Gasteiger partial charge on any atom is 0.243 e. The number of anilines is 1. The summed E-state index contributed by atoms with van der Waals surface area (Å²) in [6.45, 7) is 0. The lowest BCUT2D eigenvalue weighted by molar-refractivity contribution is 0.462. The van der Waals surface area contributed by atoms with Crippen LogP contribution in [0.25, 0.3) is 0 Å². The number of rotatable bonds is 2. The van der Waals surface area contributed by atoms with Gasteiger partial charge in [0.05, 0.1) is 6.20 Å². The van der Waals surface area contributed by atoms with E-state index in [0.29, 0.717) is 10.8 Å². The number of halogens is 2. The van der Waals surface area contributed by atoms with Gasteiger partial charge in [-0.05, 0) is 40.8 Å². The molecule has 0 atom stereocenters. The lowest BCUT2D eigenvalue weighted by Crippen LogP contribution is -1.97. The molecule has 0 radical (unpaired) electrons. The first-order valence-corrected chi connectivity index (χ1v) is 5.82. The van der Waals surface area contributed by atoms with Crippen LogP contribution in [0.3, 0.4) is 0 Å². The number of hydrogen-bond donors (Lipinski definition) is 1. The minimum Gasteiger partial charge on any atom is -0.437 e. The van der Waals surface area contributed by atoms with Crippen molar-refractivity contribution in [2.24, 2.45) is 0 Å². The largest absolute Gasteiger partial charge is 0.437 e. The predicted octanol–water partition coefficient (Wildman–Crippen LogP) is 3.11. The Hall–Kier alpha value is -1.08. The Morgan fingerprint density at radius 3 is 2.94 bits per heavy atom. The summed E-state index contributed by atoms with van der Waals surface area (Å²) in [7, 11) is 0. The van der Waals surface area contributed by atoms with Crippen LogP contribution in [0.15, 0.2) is 30.5 Å². The number of nitrogens with zero attached hydrogens (tertiary/aromatic N) is 2. The number of aromatic nitrogens is 2. The van der Waals surface area contributed by atoms with E-state index >= 15 is 0 Å². The van der Waals surface area contributed by atoms with Crippen LogP contribution in [0.5, 0.6) is 11.6 Å². The highest BCUT2D eigenvalue weighted by molar-refractivity contribution is 14.1. The summed E-state index contributed by atoms with van der Waals surface area (Å²) in [5, 5.41) is 0.327. The molecule has 2 rings (SSSR count). The van der Waals surface area contributed by atoms with Gasteiger partial charge in [0.15, 0.2) is 0 Å². The minimum absolute atomic E-state index is 0.130. The van der Waals surface area contributed by atoms with Crippen LogP contribution >= 0.6 is 34.2 Å². The van der Waals surface area contributed by atoms with Crippen LogP contribution in [0.1, 0.15) is 0 Å². The number of benzene rings is 1. The van der Waals surface area contributed by atoms with Crippen molar-refractivity contribution in [3.05, 3.63) is 39.1 Å². The molecule has 0 amide bonds. The van der Waals surface area contributed by atoms with Crippen molar-refractivity contribution in [1.29, 1.82) is 0 Å². The SMILES string of the molecule is Nc1ncc(Cl)c(Oc2cccc(I)c2)n1. The Balaban J connectivity index is 2.30. The van der Waals surface area contributed by atoms with E-state index in [1.54, 1.807) is 0 Å². The first-order valence-electron chi connectivity index (χ1n) is 4.36. The molecule has 0 saturated heterocycles. The second-order valence-electron chi connectivity index (χ2n) is 2.94. The predicted molar refractivity (Wildman–Crippen MR) is 70.7 cm³/mol. The van der Waals surface area contributed by atoms with Gasteiger partial charge in [-0.25, -0.2) is 4.98 Å². The molecule has 2 aromatic rings. The van der Waals surface area contributed by atoms with Crippen molar-refractivity contribution in [1.82, 2.24) is 9.97 Å². The highest BCUT2D eigenvalue weighted by Crippen LogP contribution is 2.27. The second-order valence-corrected chi connectivity index (χ2v) is 4.59. The molecule has 1 aromatic heterocycles. The molecule has 0 bridgehead atoms. The zero-order chi connectivity index (χ0) is 11.5. The lowest BCUT2D eigenvalue weighted by Gasteiger charge is -2.06. The molecule has 0 aliphatic heterocycles. The molecule has 0 aliphatic rings. The molecule has 0 unspecified atom stereocenters. The summed E-state index contributed by atoms with van der Waals surface area (Å²) >= 11 is 8.07. The summed E-state index contributed by atoms with van der Waals surface area (Å²) in [5.41, 5.74) is 5.45. The second kappa shape index (κ2) is 4.84. The standard InChI is InChI=1S/C10H7ClIN3O/c11-8-5-14-10(13)15-9(8)16-7-3-1-2-6(12)4-7/h1-5H,(H2,13,14,15). The Morgan fingerprint density at radius 1 is 1.38 bits per heavy atom. The van der Waals surface area contributed by atoms with Gasteiger partial charge in [0, 0.05) is 3.57 Å². The van der Waals surface area contributed by atoms with Crippen LogP contribution in [0.2, 0.25) is 5.02 Å². The van der Waals surface area contributed by atoms with Crippen LogP contribution in [0.4, 0.5) is 5.95 Å². The average Bonchev–Trinajstić information content (AvgIpc) is 2.24. The summed E-state index contributed by atoms with van der Waals surface area (Å²) in [6, 6.07) is 7.53. The molecule has 2 N–H and O–H groups in total. The summed E-state index contributed by atoms with van der Waals surface area (Å²) in [5.74, 6) is 1.05. The van der Waals surface area contributed by atoms with E-state index in [2.05, 4.69) is 32.6 Å². The van der Waals surface area contributed by atoms with Gasteiger partial charge in [-0.2, -0.15) is 4.98 Å². The van der Waals surface area contributed by atoms with Gasteiger partial charge in [0.1, 0.15) is 10.8 Å². The van der Waals surface area contributed by atoms with Gasteiger partial charge in [-0.3, -0.25) is 0 Å². The fourth-order valence-corrected chi connectivity index (χ4v) is 1.72. The molecule has 82 valence electrons. The first-order chi connectivity index (χ1) is 7.65. The van der Waals surface area contributed by atoms with Crippen molar-refractivity contribution in [3.63, 3.8) is 0 Å². The molecule has 4 nitrogen and oxygen atoms in total. The van der Waals surface area contributed by atoms with Gasteiger partial charge >= 0.3 is 0 Å². The highest BCUT2D eigenvalue weighted by atomic mass is 127. The molecule has 6 heteroatoms. The van der Waals surface area contributed by atoms with E-state index in [0.717, 1.165) is 3.57 Å². The Morgan fingerprint density at radius 2 is 2.19 bits per heavy atom. The molecular formula is C10H7ClIN3O. The van der Waals surface area contributed by atoms with Crippen LogP contribution in [-0.2, 0) is 0 Å². The molecule has 1 heterocycles. The van der Waals surface area contributed by atoms with Crippen molar-refractivity contribution < 1.29 is 4.74 Å². The van der Waals surface area contributed by atoms with Crippen molar-refractivity contribution in [2.45, 2.75) is 0 Å². The third-order valence-corrected chi connectivity index (χ3v) is 2.67. The van der Waals surface area contributed by atoms with Gasteiger partial charge in [0.25, 0.3) is 0 Å². The molecule has 16 heavy (non-hydrogen) atoms. The third kappa shape index (κ3) is 2.73. The Bertz CT molecular complexity index is 521. The van der Waals surface area contributed by atoms with E-state index in [1.807, 2.05) is 24.3 Å². The Kier molecular flexibility index (Phi) is 3.45. The van der Waals surface area contributed by atoms with Crippen LogP contribution in [0, 0.1) is 3.57 Å². The maximum atomic E-state index is 5.88. The molecule has 0 saturated carbocycles. The smallest absolute Gasteiger partial charge is 0.243 e. The summed E-state index contributed by atoms with van der Waals surface area (Å²) in [6.07, 6.45) is 1.41. The molecule has 0 aliphatic carbocycles. The van der Waals surface area contributed by atoms with E-state index in [1.165, 1.54) is 6.20 Å². The van der Waals surface area contributed by atoms with Gasteiger partial charge in [-0.15, -0.1) is 0 Å². The third-order valence-electron chi connectivity index (χ3n) is 1.74. The van der Waals surface area contributed by atoms with E-state index in [-0.39, 0.29) is 11.8 Å². The van der Waals surface area contributed by atoms with Crippen molar-refractivity contribution in [2.75, 3.05) is 5.73 Å². The fraction of sp³-hybridized carbons (Fsp3) is 0. The van der Waals surface area contributed by atoms with Crippen molar-refractivity contribution in [3.8, 4) is 11.6 Å². The van der Waals surface area contributed by atoms with E-state index in [4.69, 9.17) is 22.1 Å². The zero-order valence-electron chi connectivity index (χ0n) is 8.02. The van der Waals surface area contributed by atoms with Crippen LogP contribution < -0.4 is 10.5 Å². The van der Waals surface area contributed by atoms with Crippen LogP contribution in [-0.4, -0.2) is 9.97 Å². The monoisotopic (exact) mass is 347 g/mol. The van der Waals surface area contributed by atoms with Gasteiger partial charge < -0.3 is 10.5 Å². The zero-order valence-corrected chi connectivity index (χ0v) is 10.9. The highest BCUT2D eigenvalue weighted by Gasteiger charge is 2.06. The summed E-state index contributed by atoms with van der Waals surface area (Å²) in [4.78, 5) is 7.66. The minimum atomic E-state index is 0.130. The molecule has 0 fully saturated rings. The molecule has 0 spiro atoms. The van der Waals surface area contributed by atoms with Gasteiger partial charge in [-0.1, -0.05) is 17.7 Å². The number of hydrogen-bond acceptors (Lipinski definition) is 4. The normalized spacial score (nSPS) is 10.1. The molecular weight excluding hydrogens is 340 g/mol. The summed E-state index contributed by atoms with van der Waals surface area (Å²) < 4.78 is 6.57. The lowest BCUT2D eigenvalue weighted by atomic mass is 10.3. The van der Waals surface area contributed by atoms with E-state index < -0.39 is 0 Å². The quantitative estimate of drug-likeness (QED) is 0.848. The average molecular weight is 348 g/mol. The maximum absolute atomic E-state index is 5.88. The van der Waals surface area contributed by atoms with Crippen molar-refractivity contribution >= 4 is 40.1 Å². The number of ether oxygens (including phenoxy) is 1. The Labute approximate surface area is 111 Å². The number of nitrogens with two attached hydrogens (primary N) is 1.